The molecule has 1 aromatic heterocycles. The molecule has 4 aromatic rings. The van der Waals surface area contributed by atoms with E-state index in [1.165, 1.54) is 12.1 Å². The summed E-state index contributed by atoms with van der Waals surface area (Å²) in [6, 6.07) is 24.3. The zero-order valence-corrected chi connectivity index (χ0v) is 21.9. The number of carbonyl (C=O) groups excluding carboxylic acids is 1. The lowest BCUT2D eigenvalue weighted by atomic mass is 10.0. The first kappa shape index (κ1) is 25.1. The van der Waals surface area contributed by atoms with E-state index in [4.69, 9.17) is 0 Å². The quantitative estimate of drug-likeness (QED) is 0.116. The predicted molar refractivity (Wildman–Crippen MR) is 151 cm³/mol. The van der Waals surface area contributed by atoms with Crippen LogP contribution in [0.2, 0.25) is 0 Å². The summed E-state index contributed by atoms with van der Waals surface area (Å²) >= 11 is 2.23. The van der Waals surface area contributed by atoms with Crippen LogP contribution in [0.5, 0.6) is 0 Å². The molecule has 0 saturated carbocycles. The lowest BCUT2D eigenvalue weighted by molar-refractivity contribution is -0.384. The SMILES string of the molecule is Cc1cc(/C=N\NC(=O)CNc2ccc(I)cc2)c(C)n1-c1ccc(-c2ccc([N+](=O)[O-])cc2)cc1. The molecular weight excluding hydrogens is 569 g/mol. The zero-order valence-electron chi connectivity index (χ0n) is 19.7. The van der Waals surface area contributed by atoms with Crippen LogP contribution in [0.4, 0.5) is 11.4 Å². The van der Waals surface area contributed by atoms with Gasteiger partial charge in [-0.15, -0.1) is 0 Å². The maximum atomic E-state index is 12.1. The highest BCUT2D eigenvalue weighted by molar-refractivity contribution is 14.1. The van der Waals surface area contributed by atoms with Crippen LogP contribution in [0.15, 0.2) is 84.0 Å². The van der Waals surface area contributed by atoms with Gasteiger partial charge in [0.05, 0.1) is 17.7 Å². The molecule has 182 valence electrons. The molecule has 8 nitrogen and oxygen atoms in total. The summed E-state index contributed by atoms with van der Waals surface area (Å²) in [6.45, 7) is 4.13. The second kappa shape index (κ2) is 11.2. The van der Waals surface area contributed by atoms with Crippen molar-refractivity contribution < 1.29 is 9.72 Å². The Hall–Kier alpha value is -3.99. The third-order valence-electron chi connectivity index (χ3n) is 5.70. The summed E-state index contributed by atoms with van der Waals surface area (Å²) in [7, 11) is 0. The molecular formula is C27H24IN5O3. The number of nitro groups is 1. The van der Waals surface area contributed by atoms with E-state index in [2.05, 4.69) is 43.0 Å². The van der Waals surface area contributed by atoms with Crippen LogP contribution < -0.4 is 10.7 Å². The van der Waals surface area contributed by atoms with Crippen molar-refractivity contribution in [2.75, 3.05) is 11.9 Å². The number of aryl methyl sites for hydroxylation is 1. The van der Waals surface area contributed by atoms with Crippen molar-refractivity contribution in [1.29, 1.82) is 0 Å². The summed E-state index contributed by atoms with van der Waals surface area (Å²) < 4.78 is 3.24. The Balaban J connectivity index is 1.41. The van der Waals surface area contributed by atoms with Gasteiger partial charge in [0.25, 0.3) is 11.6 Å². The van der Waals surface area contributed by atoms with Gasteiger partial charge in [0, 0.05) is 44.0 Å². The van der Waals surface area contributed by atoms with Gasteiger partial charge in [0.15, 0.2) is 0 Å². The molecule has 0 spiro atoms. The Morgan fingerprint density at radius 3 is 2.22 bits per heavy atom. The fourth-order valence-electron chi connectivity index (χ4n) is 3.86. The van der Waals surface area contributed by atoms with Gasteiger partial charge in [-0.2, -0.15) is 5.10 Å². The van der Waals surface area contributed by atoms with Gasteiger partial charge in [-0.05, 0) is 102 Å². The number of carbonyl (C=O) groups is 1. The summed E-state index contributed by atoms with van der Waals surface area (Å²) in [5.74, 6) is -0.236. The van der Waals surface area contributed by atoms with Crippen LogP contribution in [0.1, 0.15) is 17.0 Å². The first-order chi connectivity index (χ1) is 17.3. The monoisotopic (exact) mass is 593 g/mol. The molecule has 0 fully saturated rings. The van der Waals surface area contributed by atoms with Crippen LogP contribution in [0.3, 0.4) is 0 Å². The van der Waals surface area contributed by atoms with Gasteiger partial charge in [-0.3, -0.25) is 14.9 Å². The normalized spacial score (nSPS) is 11.0. The molecule has 36 heavy (non-hydrogen) atoms. The van der Waals surface area contributed by atoms with Crippen LogP contribution in [0, 0.1) is 27.5 Å². The fourth-order valence-corrected chi connectivity index (χ4v) is 4.22. The van der Waals surface area contributed by atoms with Crippen molar-refractivity contribution in [2.24, 2.45) is 5.10 Å². The standard InChI is InChI=1S/C27H24IN5O3/c1-18-15-22(16-30-31-27(34)17-29-24-9-7-23(28)8-10-24)19(2)32(18)25-11-3-20(4-12-25)21-5-13-26(14-6-21)33(35)36/h3-16,29H,17H2,1-2H3,(H,31,34)/b30-16-. The molecule has 1 heterocycles. The average Bonchev–Trinajstić information content (AvgIpc) is 3.16. The third-order valence-corrected chi connectivity index (χ3v) is 6.42. The lowest BCUT2D eigenvalue weighted by Gasteiger charge is -2.11. The van der Waals surface area contributed by atoms with Crippen LogP contribution in [-0.4, -0.2) is 28.2 Å². The van der Waals surface area contributed by atoms with E-state index >= 15 is 0 Å². The van der Waals surface area contributed by atoms with Crippen LogP contribution in [-0.2, 0) is 4.79 Å². The second-order valence-electron chi connectivity index (χ2n) is 8.17. The van der Waals surface area contributed by atoms with Crippen molar-refractivity contribution in [3.8, 4) is 16.8 Å². The minimum atomic E-state index is -0.404. The summed E-state index contributed by atoms with van der Waals surface area (Å²) in [4.78, 5) is 22.6. The number of hydrogen-bond acceptors (Lipinski definition) is 5. The number of nitrogens with zero attached hydrogens (tertiary/aromatic N) is 3. The van der Waals surface area contributed by atoms with Crippen LogP contribution >= 0.6 is 22.6 Å². The number of nitro benzene ring substituents is 1. The highest BCUT2D eigenvalue weighted by atomic mass is 127. The van der Waals surface area contributed by atoms with Gasteiger partial charge >= 0.3 is 0 Å². The van der Waals surface area contributed by atoms with E-state index in [0.29, 0.717) is 0 Å². The van der Waals surface area contributed by atoms with Gasteiger partial charge in [-0.1, -0.05) is 12.1 Å². The highest BCUT2D eigenvalue weighted by Gasteiger charge is 2.11. The first-order valence-electron chi connectivity index (χ1n) is 11.2. The Kier molecular flexibility index (Phi) is 7.79. The number of amides is 1. The predicted octanol–water partition coefficient (Wildman–Crippen LogP) is 5.84. The first-order valence-corrected chi connectivity index (χ1v) is 12.3. The Bertz CT molecular complexity index is 1410. The van der Waals surface area contributed by atoms with Crippen molar-refractivity contribution in [2.45, 2.75) is 13.8 Å². The molecule has 3 aromatic carbocycles. The number of anilines is 1. The molecule has 4 rings (SSSR count). The summed E-state index contributed by atoms with van der Waals surface area (Å²) in [5.41, 5.74) is 9.30. The fraction of sp³-hybridized carbons (Fsp3) is 0.111. The van der Waals surface area contributed by atoms with Crippen molar-refractivity contribution in [3.63, 3.8) is 0 Å². The van der Waals surface area contributed by atoms with E-state index in [0.717, 1.165) is 43.0 Å². The van der Waals surface area contributed by atoms with E-state index in [9.17, 15) is 14.9 Å². The summed E-state index contributed by atoms with van der Waals surface area (Å²) in [5, 5.41) is 18.1. The van der Waals surface area contributed by atoms with Gasteiger partial charge < -0.3 is 9.88 Å². The molecule has 2 N–H and O–H groups in total. The van der Waals surface area contributed by atoms with Gasteiger partial charge in [0.2, 0.25) is 0 Å². The maximum Gasteiger partial charge on any atom is 0.269 e. The van der Waals surface area contributed by atoms with Gasteiger partial charge in [-0.25, -0.2) is 5.43 Å². The molecule has 1 amide bonds. The molecule has 0 saturated heterocycles. The number of rotatable bonds is 8. The lowest BCUT2D eigenvalue weighted by Crippen LogP contribution is -2.25. The minimum absolute atomic E-state index is 0.0709. The Labute approximate surface area is 222 Å². The minimum Gasteiger partial charge on any atom is -0.376 e. The smallest absolute Gasteiger partial charge is 0.269 e. The maximum absolute atomic E-state index is 12.1. The Morgan fingerprint density at radius 2 is 1.61 bits per heavy atom. The zero-order chi connectivity index (χ0) is 25.7. The van der Waals surface area contributed by atoms with E-state index in [-0.39, 0.29) is 18.1 Å². The van der Waals surface area contributed by atoms with Crippen molar-refractivity contribution >= 4 is 46.1 Å². The number of aromatic nitrogens is 1. The second-order valence-corrected chi connectivity index (χ2v) is 9.41. The highest BCUT2D eigenvalue weighted by Crippen LogP contribution is 2.25. The van der Waals surface area contributed by atoms with Gasteiger partial charge in [0.1, 0.15) is 0 Å². The van der Waals surface area contributed by atoms with E-state index in [1.54, 1.807) is 18.3 Å². The molecule has 0 unspecified atom stereocenters. The van der Waals surface area contributed by atoms with Crippen LogP contribution in [0.25, 0.3) is 16.8 Å². The number of halogens is 1. The average molecular weight is 593 g/mol. The molecule has 9 heteroatoms. The van der Waals surface area contributed by atoms with Crippen molar-refractivity contribution in [1.82, 2.24) is 9.99 Å². The number of non-ortho nitro benzene ring substituents is 1. The number of hydrogen-bond donors (Lipinski definition) is 2. The molecule has 0 bridgehead atoms. The largest absolute Gasteiger partial charge is 0.376 e. The topological polar surface area (TPSA) is 102 Å². The number of nitrogens with one attached hydrogen (secondary N) is 2. The van der Waals surface area contributed by atoms with E-state index in [1.807, 2.05) is 68.4 Å². The molecule has 0 aliphatic carbocycles. The molecule has 0 atom stereocenters. The molecule has 0 radical (unpaired) electrons. The third kappa shape index (κ3) is 5.98. The molecule has 0 aliphatic heterocycles. The summed E-state index contributed by atoms with van der Waals surface area (Å²) in [6.07, 6.45) is 1.65. The number of hydrazone groups is 1. The number of benzene rings is 3. The Morgan fingerprint density at radius 1 is 1.00 bits per heavy atom. The van der Waals surface area contributed by atoms with E-state index < -0.39 is 4.92 Å². The van der Waals surface area contributed by atoms with Crippen molar-refractivity contribution in [3.05, 3.63) is 109 Å². The molecule has 0 aliphatic rings.